The maximum absolute atomic E-state index is 9.02. The van der Waals surface area contributed by atoms with Crippen LogP contribution in [0.25, 0.3) is 0 Å². The summed E-state index contributed by atoms with van der Waals surface area (Å²) in [5.74, 6) is 0.862. The van der Waals surface area contributed by atoms with E-state index in [0.717, 1.165) is 22.9 Å². The van der Waals surface area contributed by atoms with Crippen molar-refractivity contribution in [1.82, 2.24) is 9.97 Å². The molecule has 1 unspecified atom stereocenters. The lowest BCUT2D eigenvalue weighted by atomic mass is 10.3. The fraction of sp³-hybridized carbons (Fsp3) is 0.556. The quantitative estimate of drug-likeness (QED) is 0.590. The second-order valence-corrected chi connectivity index (χ2v) is 4.09. The van der Waals surface area contributed by atoms with Crippen LogP contribution in [0.3, 0.4) is 0 Å². The van der Waals surface area contributed by atoms with Gasteiger partial charge in [-0.1, -0.05) is 11.8 Å². The number of aliphatic hydroxyl groups excluding tert-OH is 1. The van der Waals surface area contributed by atoms with Crippen molar-refractivity contribution < 1.29 is 5.11 Å². The smallest absolute Gasteiger partial charge is 0.187 e. The molecule has 1 rings (SSSR count). The number of hydrogen-bond acceptors (Lipinski definition) is 4. The van der Waals surface area contributed by atoms with Crippen molar-refractivity contribution in [2.24, 2.45) is 0 Å². The lowest BCUT2D eigenvalue weighted by Crippen LogP contribution is -2.00. The molecule has 1 N–H and O–H groups in total. The summed E-state index contributed by atoms with van der Waals surface area (Å²) in [6.07, 6.45) is 4.15. The highest BCUT2D eigenvalue weighted by molar-refractivity contribution is 7.99. The van der Waals surface area contributed by atoms with Crippen molar-refractivity contribution in [2.75, 3.05) is 5.75 Å². The molecule has 4 heteroatoms. The van der Waals surface area contributed by atoms with Crippen molar-refractivity contribution >= 4 is 11.8 Å². The van der Waals surface area contributed by atoms with Crippen LogP contribution in [0, 0.1) is 6.92 Å². The number of aryl methyl sites for hydroxylation is 1. The van der Waals surface area contributed by atoms with E-state index in [1.807, 2.05) is 6.92 Å². The number of rotatable bonds is 4. The van der Waals surface area contributed by atoms with E-state index in [-0.39, 0.29) is 6.10 Å². The first-order chi connectivity index (χ1) is 6.18. The molecular weight excluding hydrogens is 184 g/mol. The van der Waals surface area contributed by atoms with Gasteiger partial charge in [-0.25, -0.2) is 9.97 Å². The summed E-state index contributed by atoms with van der Waals surface area (Å²) in [5, 5.41) is 9.80. The third-order valence-corrected chi connectivity index (χ3v) is 2.43. The van der Waals surface area contributed by atoms with Crippen LogP contribution < -0.4 is 0 Å². The zero-order valence-electron chi connectivity index (χ0n) is 7.90. The maximum atomic E-state index is 9.02. The largest absolute Gasteiger partial charge is 0.393 e. The van der Waals surface area contributed by atoms with Crippen molar-refractivity contribution in [3.63, 3.8) is 0 Å². The average molecular weight is 198 g/mol. The summed E-state index contributed by atoms with van der Waals surface area (Å²) in [7, 11) is 0. The van der Waals surface area contributed by atoms with Crippen LogP contribution in [0.5, 0.6) is 0 Å². The van der Waals surface area contributed by atoms with E-state index in [4.69, 9.17) is 5.11 Å². The van der Waals surface area contributed by atoms with E-state index >= 15 is 0 Å². The van der Waals surface area contributed by atoms with Crippen LogP contribution in [0.2, 0.25) is 0 Å². The lowest BCUT2D eigenvalue weighted by molar-refractivity contribution is 0.192. The number of aromatic nitrogens is 2. The average Bonchev–Trinajstić information content (AvgIpc) is 2.08. The van der Waals surface area contributed by atoms with E-state index in [2.05, 4.69) is 9.97 Å². The first-order valence-electron chi connectivity index (χ1n) is 4.28. The minimum Gasteiger partial charge on any atom is -0.393 e. The van der Waals surface area contributed by atoms with Crippen molar-refractivity contribution in [2.45, 2.75) is 31.5 Å². The molecule has 0 aliphatic heterocycles. The molecule has 0 bridgehead atoms. The Bertz CT molecular complexity index is 248. The molecule has 72 valence electrons. The molecule has 1 aromatic rings. The molecule has 0 aliphatic rings. The topological polar surface area (TPSA) is 46.0 Å². The fourth-order valence-corrected chi connectivity index (χ4v) is 1.67. The zero-order valence-corrected chi connectivity index (χ0v) is 8.71. The minimum atomic E-state index is -0.238. The Kier molecular flexibility index (Phi) is 4.18. The van der Waals surface area contributed by atoms with Crippen molar-refractivity contribution in [1.29, 1.82) is 0 Å². The molecule has 13 heavy (non-hydrogen) atoms. The Hall–Kier alpha value is -0.610. The molecule has 1 heterocycles. The summed E-state index contributed by atoms with van der Waals surface area (Å²) in [6.45, 7) is 3.75. The van der Waals surface area contributed by atoms with Gasteiger partial charge >= 0.3 is 0 Å². The highest BCUT2D eigenvalue weighted by Gasteiger charge is 1.99. The summed E-state index contributed by atoms with van der Waals surface area (Å²) in [6, 6.07) is 0. The molecule has 0 aliphatic carbocycles. The van der Waals surface area contributed by atoms with Gasteiger partial charge in [-0.05, 0) is 25.8 Å². The molecule has 0 saturated heterocycles. The molecule has 0 aromatic carbocycles. The summed E-state index contributed by atoms with van der Waals surface area (Å²) in [4.78, 5) is 8.29. The van der Waals surface area contributed by atoms with E-state index in [0.29, 0.717) is 0 Å². The molecular formula is C9H14N2OS. The molecule has 0 amide bonds. The van der Waals surface area contributed by atoms with Gasteiger partial charge in [-0.15, -0.1) is 0 Å². The van der Waals surface area contributed by atoms with Crippen LogP contribution in [0.4, 0.5) is 0 Å². The normalized spacial score (nSPS) is 12.8. The summed E-state index contributed by atoms with van der Waals surface area (Å²) < 4.78 is 0. The van der Waals surface area contributed by atoms with Crippen LogP contribution >= 0.6 is 11.8 Å². The third-order valence-electron chi connectivity index (χ3n) is 1.52. The SMILES string of the molecule is Cc1cnc(SCCC(C)O)nc1. The second-order valence-electron chi connectivity index (χ2n) is 3.03. The summed E-state index contributed by atoms with van der Waals surface area (Å²) >= 11 is 1.58. The predicted molar refractivity (Wildman–Crippen MR) is 53.8 cm³/mol. The van der Waals surface area contributed by atoms with Crippen LogP contribution in [-0.2, 0) is 0 Å². The minimum absolute atomic E-state index is 0.238. The number of aliphatic hydroxyl groups is 1. The van der Waals surface area contributed by atoms with Gasteiger partial charge in [0.15, 0.2) is 5.16 Å². The van der Waals surface area contributed by atoms with Crippen LogP contribution in [0.1, 0.15) is 18.9 Å². The molecule has 1 atom stereocenters. The Labute approximate surface area is 82.6 Å². The number of hydrogen-bond donors (Lipinski definition) is 1. The van der Waals surface area contributed by atoms with Gasteiger partial charge < -0.3 is 5.11 Å². The van der Waals surface area contributed by atoms with Gasteiger partial charge in [-0.2, -0.15) is 0 Å². The molecule has 0 fully saturated rings. The van der Waals surface area contributed by atoms with Crippen molar-refractivity contribution in [3.05, 3.63) is 18.0 Å². The molecule has 0 radical (unpaired) electrons. The monoisotopic (exact) mass is 198 g/mol. The highest BCUT2D eigenvalue weighted by atomic mass is 32.2. The van der Waals surface area contributed by atoms with E-state index in [1.54, 1.807) is 31.1 Å². The van der Waals surface area contributed by atoms with Crippen LogP contribution in [0.15, 0.2) is 17.6 Å². The Morgan fingerprint density at radius 2 is 2.08 bits per heavy atom. The fourth-order valence-electron chi connectivity index (χ4n) is 0.776. The van der Waals surface area contributed by atoms with Crippen LogP contribution in [-0.4, -0.2) is 26.9 Å². The van der Waals surface area contributed by atoms with E-state index in [1.165, 1.54) is 0 Å². The van der Waals surface area contributed by atoms with Gasteiger partial charge in [0.1, 0.15) is 0 Å². The van der Waals surface area contributed by atoms with Gasteiger partial charge in [-0.3, -0.25) is 0 Å². The first-order valence-corrected chi connectivity index (χ1v) is 5.26. The Morgan fingerprint density at radius 1 is 1.46 bits per heavy atom. The highest BCUT2D eigenvalue weighted by Crippen LogP contribution is 2.13. The zero-order chi connectivity index (χ0) is 9.68. The summed E-state index contributed by atoms with van der Waals surface area (Å²) in [5.41, 5.74) is 1.07. The predicted octanol–water partition coefficient (Wildman–Crippen LogP) is 1.65. The van der Waals surface area contributed by atoms with E-state index in [9.17, 15) is 0 Å². The van der Waals surface area contributed by atoms with Gasteiger partial charge in [0.2, 0.25) is 0 Å². The maximum Gasteiger partial charge on any atom is 0.187 e. The van der Waals surface area contributed by atoms with Gasteiger partial charge in [0.05, 0.1) is 6.10 Å². The van der Waals surface area contributed by atoms with Gasteiger partial charge in [0.25, 0.3) is 0 Å². The Balaban J connectivity index is 2.33. The number of thioether (sulfide) groups is 1. The van der Waals surface area contributed by atoms with Gasteiger partial charge in [0, 0.05) is 18.1 Å². The molecule has 0 saturated carbocycles. The molecule has 0 spiro atoms. The van der Waals surface area contributed by atoms with E-state index < -0.39 is 0 Å². The van der Waals surface area contributed by atoms with Crippen molar-refractivity contribution in [3.8, 4) is 0 Å². The lowest BCUT2D eigenvalue weighted by Gasteiger charge is -2.02. The first kappa shape index (κ1) is 10.5. The molecule has 1 aromatic heterocycles. The second kappa shape index (κ2) is 5.19. The Morgan fingerprint density at radius 3 is 2.62 bits per heavy atom. The third kappa shape index (κ3) is 4.24. The standard InChI is InChI=1S/C9H14N2OS/c1-7-5-10-9(11-6-7)13-4-3-8(2)12/h5-6,8,12H,3-4H2,1-2H3. The number of nitrogens with zero attached hydrogens (tertiary/aromatic N) is 2. The molecule has 3 nitrogen and oxygen atoms in total.